The highest BCUT2D eigenvalue weighted by atomic mass is 16.5. The Morgan fingerprint density at radius 1 is 0.968 bits per heavy atom. The van der Waals surface area contributed by atoms with E-state index in [1.54, 1.807) is 0 Å². The third-order valence-corrected chi connectivity index (χ3v) is 6.84. The zero-order chi connectivity index (χ0) is 22.6. The van der Waals surface area contributed by atoms with Crippen molar-refractivity contribution in [3.8, 4) is 0 Å². The largest absolute Gasteiger partial charge is 0.412 e. The number of fused-ring (bicyclic) bond motifs is 2. The van der Waals surface area contributed by atoms with Crippen LogP contribution in [0.25, 0.3) is 0 Å². The van der Waals surface area contributed by atoms with Gasteiger partial charge in [-0.25, -0.2) is 0 Å². The smallest absolute Gasteiger partial charge is 0.0379 e. The van der Waals surface area contributed by atoms with Gasteiger partial charge in [-0.1, -0.05) is 39.0 Å². The fraction of sp³-hybridized carbons (Fsp3) is 0.750. The number of aliphatic hydroxyl groups excluding tert-OH is 1. The van der Waals surface area contributed by atoms with E-state index in [4.69, 9.17) is 5.11 Å². The molecule has 31 heavy (non-hydrogen) atoms. The van der Waals surface area contributed by atoms with Crippen molar-refractivity contribution in [3.05, 3.63) is 29.8 Å². The molecule has 0 amide bonds. The summed E-state index contributed by atoms with van der Waals surface area (Å²) in [5, 5.41) is 24.6. The zero-order valence-electron chi connectivity index (χ0n) is 20.7. The number of para-hydroxylation sites is 1. The van der Waals surface area contributed by atoms with E-state index in [0.29, 0.717) is 11.0 Å². The molecule has 7 heteroatoms. The normalized spacial score (nSPS) is 20.9. The van der Waals surface area contributed by atoms with E-state index in [1.807, 2.05) is 27.9 Å². The molecular weight excluding hydrogens is 392 g/mol. The minimum atomic E-state index is 0. The Bertz CT molecular complexity index is 584. The van der Waals surface area contributed by atoms with Crippen LogP contribution in [0, 0.1) is 0 Å². The lowest BCUT2D eigenvalue weighted by molar-refractivity contribution is -0.137. The molecule has 0 aliphatic carbocycles. The summed E-state index contributed by atoms with van der Waals surface area (Å²) in [4.78, 5) is 2.74. The number of nitrogens with zero attached hydrogens (tertiary/aromatic N) is 2. The molecule has 0 unspecified atom stereocenters. The molecule has 1 spiro atoms. The number of likely N-dealkylation sites (tertiary alicyclic amines) is 1. The maximum absolute atomic E-state index is 9.72. The van der Waals surface area contributed by atoms with Gasteiger partial charge in [0.05, 0.1) is 0 Å². The van der Waals surface area contributed by atoms with Gasteiger partial charge in [-0.15, -0.1) is 0 Å². The number of nitrogens with one attached hydrogen (secondary N) is 2. The Hall–Kier alpha value is -1.22. The molecule has 0 aromatic heterocycles. The van der Waals surface area contributed by atoms with E-state index >= 15 is 0 Å². The number of hydroxylamine groups is 2. The lowest BCUT2D eigenvalue weighted by Crippen LogP contribution is -2.58. The third kappa shape index (κ3) is 6.88. The molecule has 0 atom stereocenters. The van der Waals surface area contributed by atoms with E-state index in [1.165, 1.54) is 48.7 Å². The van der Waals surface area contributed by atoms with Crippen molar-refractivity contribution in [2.24, 2.45) is 0 Å². The van der Waals surface area contributed by atoms with Crippen LogP contribution >= 0.6 is 0 Å². The lowest BCUT2D eigenvalue weighted by atomic mass is 9.72. The van der Waals surface area contributed by atoms with Crippen LogP contribution in [0.4, 0.5) is 5.69 Å². The Labute approximate surface area is 190 Å². The van der Waals surface area contributed by atoms with Gasteiger partial charge in [0.15, 0.2) is 0 Å². The molecule has 1 aromatic carbocycles. The van der Waals surface area contributed by atoms with Crippen molar-refractivity contribution >= 4 is 5.69 Å². The van der Waals surface area contributed by atoms with Gasteiger partial charge < -0.3 is 26.4 Å². The molecule has 2 saturated heterocycles. The van der Waals surface area contributed by atoms with Crippen molar-refractivity contribution in [3.63, 3.8) is 0 Å². The van der Waals surface area contributed by atoms with Crippen molar-refractivity contribution in [1.82, 2.24) is 15.3 Å². The molecule has 0 saturated carbocycles. The Morgan fingerprint density at radius 2 is 1.48 bits per heavy atom. The molecule has 1 aromatic rings. The molecule has 182 valence electrons. The Kier molecular flexibility index (Phi) is 14.2. The fourth-order valence-corrected chi connectivity index (χ4v) is 5.12. The average molecular weight is 441 g/mol. The molecule has 3 heterocycles. The van der Waals surface area contributed by atoms with Crippen LogP contribution in [0.2, 0.25) is 0 Å². The molecule has 6 N–H and O–H groups in total. The van der Waals surface area contributed by atoms with Gasteiger partial charge in [-0.3, -0.25) is 4.90 Å². The summed E-state index contributed by atoms with van der Waals surface area (Å²) in [5.41, 5.74) is 3.54. The first-order valence-electron chi connectivity index (χ1n) is 11.6. The molecule has 0 bridgehead atoms. The predicted octanol–water partition coefficient (Wildman–Crippen LogP) is 2.73. The quantitative estimate of drug-likeness (QED) is 0.564. The van der Waals surface area contributed by atoms with E-state index in [9.17, 15) is 5.21 Å². The summed E-state index contributed by atoms with van der Waals surface area (Å²) in [6.07, 6.45) is 5.90. The van der Waals surface area contributed by atoms with Gasteiger partial charge in [0.25, 0.3) is 0 Å². The SMILES string of the molecule is CC.CCC1(N2CCC3(CC2)CNc2ccccc23)CCN(O)CC1.CNC.CO.O. The summed E-state index contributed by atoms with van der Waals surface area (Å²) in [7, 11) is 4.75. The number of anilines is 1. The first-order chi connectivity index (χ1) is 14.6. The van der Waals surface area contributed by atoms with Crippen LogP contribution in [0.3, 0.4) is 0 Å². The van der Waals surface area contributed by atoms with E-state index in [-0.39, 0.29) is 5.48 Å². The number of rotatable bonds is 2. The minimum absolute atomic E-state index is 0. The van der Waals surface area contributed by atoms with Gasteiger partial charge in [-0.2, -0.15) is 5.06 Å². The predicted molar refractivity (Wildman–Crippen MR) is 131 cm³/mol. The van der Waals surface area contributed by atoms with Gasteiger partial charge in [0.2, 0.25) is 0 Å². The summed E-state index contributed by atoms with van der Waals surface area (Å²) < 4.78 is 0. The van der Waals surface area contributed by atoms with Crippen LogP contribution < -0.4 is 10.6 Å². The zero-order valence-corrected chi connectivity index (χ0v) is 20.7. The van der Waals surface area contributed by atoms with Crippen LogP contribution in [-0.2, 0) is 5.41 Å². The van der Waals surface area contributed by atoms with Gasteiger partial charge in [0.1, 0.15) is 0 Å². The molecule has 3 aliphatic heterocycles. The molecule has 3 aliphatic rings. The van der Waals surface area contributed by atoms with Crippen molar-refractivity contribution in [1.29, 1.82) is 0 Å². The number of aliphatic hydroxyl groups is 1. The van der Waals surface area contributed by atoms with E-state index in [0.717, 1.165) is 39.6 Å². The monoisotopic (exact) mass is 440 g/mol. The molecular formula is C24H48N4O3. The molecule has 2 fully saturated rings. The van der Waals surface area contributed by atoms with Gasteiger partial charge in [0, 0.05) is 43.4 Å². The molecule has 0 radical (unpaired) electrons. The first kappa shape index (κ1) is 29.8. The standard InChI is InChI=1S/C19H29N3O.C2H7N.C2H6.CH4O.H2O/c1-2-19(9-13-22(23)14-10-19)21-11-7-18(8-12-21)15-20-17-6-4-3-5-16(17)18;1-3-2;2*1-2;/h3-6,20,23H,2,7-15H2,1H3;3H,1-2H3;1-2H3;2H,1H3;1H2. The number of hydrogen-bond acceptors (Lipinski definition) is 6. The number of hydrogen-bond donors (Lipinski definition) is 4. The second kappa shape index (κ2) is 14.8. The van der Waals surface area contributed by atoms with Crippen molar-refractivity contribution in [2.45, 2.75) is 63.8 Å². The summed E-state index contributed by atoms with van der Waals surface area (Å²) in [6.45, 7) is 11.4. The van der Waals surface area contributed by atoms with Crippen molar-refractivity contribution in [2.75, 3.05) is 59.2 Å². The Morgan fingerprint density at radius 3 is 2.00 bits per heavy atom. The molecule has 7 nitrogen and oxygen atoms in total. The van der Waals surface area contributed by atoms with Gasteiger partial charge in [-0.05, 0) is 70.9 Å². The second-order valence-corrected chi connectivity index (χ2v) is 8.20. The minimum Gasteiger partial charge on any atom is -0.412 e. The maximum atomic E-state index is 9.72. The summed E-state index contributed by atoms with van der Waals surface area (Å²) in [6, 6.07) is 8.87. The van der Waals surface area contributed by atoms with Crippen LogP contribution in [-0.4, -0.2) is 85.2 Å². The number of benzene rings is 1. The highest BCUT2D eigenvalue weighted by Crippen LogP contribution is 2.46. The second-order valence-electron chi connectivity index (χ2n) is 8.20. The molecule has 4 rings (SSSR count). The van der Waals surface area contributed by atoms with Gasteiger partial charge >= 0.3 is 0 Å². The highest BCUT2D eigenvalue weighted by Gasteiger charge is 2.46. The van der Waals surface area contributed by atoms with Crippen LogP contribution in [0.5, 0.6) is 0 Å². The van der Waals surface area contributed by atoms with Crippen LogP contribution in [0.15, 0.2) is 24.3 Å². The lowest BCUT2D eigenvalue weighted by Gasteiger charge is -2.52. The Balaban J connectivity index is 0.00000102. The fourth-order valence-electron chi connectivity index (χ4n) is 5.12. The first-order valence-corrected chi connectivity index (χ1v) is 11.6. The summed E-state index contributed by atoms with van der Waals surface area (Å²) in [5.74, 6) is 0. The average Bonchev–Trinajstić information content (AvgIpc) is 3.17. The highest BCUT2D eigenvalue weighted by molar-refractivity contribution is 5.60. The number of piperidine rings is 2. The maximum Gasteiger partial charge on any atom is 0.0379 e. The summed E-state index contributed by atoms with van der Waals surface area (Å²) >= 11 is 0. The van der Waals surface area contributed by atoms with Crippen LogP contribution in [0.1, 0.15) is 58.4 Å². The van der Waals surface area contributed by atoms with E-state index in [2.05, 4.69) is 46.7 Å². The van der Waals surface area contributed by atoms with E-state index < -0.39 is 0 Å². The topological polar surface area (TPSA) is 102 Å². The third-order valence-electron chi connectivity index (χ3n) is 6.84. The van der Waals surface area contributed by atoms with Crippen molar-refractivity contribution < 1.29 is 15.8 Å².